The highest BCUT2D eigenvalue weighted by Gasteiger charge is 2.23. The van der Waals surface area contributed by atoms with Crippen molar-refractivity contribution in [1.29, 1.82) is 0 Å². The zero-order valence-corrected chi connectivity index (χ0v) is 27.5. The normalized spacial score (nSPS) is 15.0. The van der Waals surface area contributed by atoms with Crippen molar-refractivity contribution in [3.05, 3.63) is 98.2 Å². The first kappa shape index (κ1) is 31.5. The van der Waals surface area contributed by atoms with Gasteiger partial charge in [0, 0.05) is 59.0 Å². The quantitative estimate of drug-likeness (QED) is 0.120. The molecule has 13 nitrogen and oxygen atoms in total. The largest absolute Gasteiger partial charge is 0.494 e. The van der Waals surface area contributed by atoms with Crippen molar-refractivity contribution < 1.29 is 18.7 Å². The standard InChI is InChI=1S/C18H13FN6OS2.C15H12FN5O/c19-14-6-9(3-4-20-14)12-7-15(22-11-1-2-11)25-16(23-12)10(8-21-25)5-13-17(26)24-18(27)28-13;16-13-5-9(3-4-17-13)12-6-14(19-11-1-2-11)21-15(20-12)10(8-22)7-18-21/h3-8,11,26H,1-2H2,(H,24,27);3-8,11,19H,1-2H2. The number of fused-ring (bicyclic) bond motifs is 2. The predicted molar refractivity (Wildman–Crippen MR) is 183 cm³/mol. The summed E-state index contributed by atoms with van der Waals surface area (Å²) in [7, 11) is 0. The Morgan fingerprint density at radius 3 is 2.24 bits per heavy atom. The average molecular weight is 710 g/mol. The summed E-state index contributed by atoms with van der Waals surface area (Å²) < 4.78 is 30.7. The van der Waals surface area contributed by atoms with Crippen LogP contribution in [0.5, 0.6) is 5.88 Å². The van der Waals surface area contributed by atoms with E-state index in [1.54, 1.807) is 39.5 Å². The van der Waals surface area contributed by atoms with Crippen molar-refractivity contribution in [2.75, 3.05) is 5.32 Å². The summed E-state index contributed by atoms with van der Waals surface area (Å²) in [5.74, 6) is -0.394. The van der Waals surface area contributed by atoms with E-state index in [1.807, 2.05) is 6.07 Å². The van der Waals surface area contributed by atoms with Crippen LogP contribution in [0.25, 0.3) is 39.9 Å². The predicted octanol–water partition coefficient (Wildman–Crippen LogP) is 4.68. The third-order valence-corrected chi connectivity index (χ3v) is 9.06. The SMILES string of the molecule is O=Cc1cnn2c(NC3CC3)cc(-c3ccnc(F)c3)nc12.Oc1[nH]c(=S)sc1C=c1cnn2c(=NC3CC3)cc(-c3ccnc(F)c3)nc12. The zero-order chi connectivity index (χ0) is 34.4. The number of hydrogen-bond donors (Lipinski definition) is 3. The number of nitrogens with zero attached hydrogens (tertiary/aromatic N) is 9. The fourth-order valence-electron chi connectivity index (χ4n) is 5.14. The summed E-state index contributed by atoms with van der Waals surface area (Å²) in [6.07, 6.45) is 12.7. The molecule has 0 bridgehead atoms. The number of hydrogen-bond acceptors (Lipinski definition) is 12. The topological polar surface area (TPSA) is 164 Å². The summed E-state index contributed by atoms with van der Waals surface area (Å²) in [6, 6.07) is 10.3. The first-order valence-corrected chi connectivity index (χ1v) is 16.7. The van der Waals surface area contributed by atoms with E-state index in [4.69, 9.17) is 17.2 Å². The smallest absolute Gasteiger partial charge is 0.213 e. The monoisotopic (exact) mass is 709 g/mol. The van der Waals surface area contributed by atoms with Gasteiger partial charge >= 0.3 is 0 Å². The van der Waals surface area contributed by atoms with Crippen molar-refractivity contribution in [1.82, 2.24) is 44.1 Å². The third kappa shape index (κ3) is 6.59. The van der Waals surface area contributed by atoms with Crippen LogP contribution in [0.3, 0.4) is 0 Å². The van der Waals surface area contributed by atoms with Gasteiger partial charge in [0.2, 0.25) is 17.8 Å². The average Bonchev–Trinajstić information content (AvgIpc) is 4.00. The number of rotatable bonds is 7. The van der Waals surface area contributed by atoms with Crippen LogP contribution >= 0.6 is 23.6 Å². The molecule has 2 aliphatic carbocycles. The summed E-state index contributed by atoms with van der Waals surface area (Å²) >= 11 is 6.33. The van der Waals surface area contributed by atoms with E-state index < -0.39 is 11.9 Å². The molecule has 7 aromatic heterocycles. The first-order chi connectivity index (χ1) is 24.3. The van der Waals surface area contributed by atoms with E-state index in [0.717, 1.165) is 31.5 Å². The van der Waals surface area contributed by atoms with E-state index in [-0.39, 0.29) is 11.9 Å². The number of aromatic hydroxyl groups is 1. The molecule has 0 aliphatic heterocycles. The minimum Gasteiger partial charge on any atom is -0.494 e. The Kier molecular flexibility index (Phi) is 8.12. The fraction of sp³-hybridized carbons (Fsp3) is 0.182. The Hall–Kier alpha value is -5.81. The molecule has 50 heavy (non-hydrogen) atoms. The number of aldehydes is 1. The van der Waals surface area contributed by atoms with Gasteiger partial charge in [0.15, 0.2) is 27.0 Å². The Morgan fingerprint density at radius 2 is 1.62 bits per heavy atom. The summed E-state index contributed by atoms with van der Waals surface area (Å²) in [6.45, 7) is 0. The molecule has 9 rings (SSSR count). The van der Waals surface area contributed by atoms with Crippen molar-refractivity contribution in [3.63, 3.8) is 0 Å². The number of carbonyl (C=O) groups excluding carboxylic acids is 1. The van der Waals surface area contributed by atoms with Gasteiger partial charge in [-0.1, -0.05) is 0 Å². The minimum atomic E-state index is -0.572. The van der Waals surface area contributed by atoms with Gasteiger partial charge in [0.1, 0.15) is 5.82 Å². The molecule has 3 N–H and O–H groups in total. The van der Waals surface area contributed by atoms with Crippen molar-refractivity contribution >= 4 is 53.0 Å². The van der Waals surface area contributed by atoms with E-state index in [2.05, 4.69) is 40.4 Å². The number of aromatic amines is 1. The summed E-state index contributed by atoms with van der Waals surface area (Å²) in [4.78, 5) is 35.4. The maximum Gasteiger partial charge on any atom is 0.213 e. The number of H-pyrrole nitrogens is 1. The van der Waals surface area contributed by atoms with Crippen LogP contribution in [0.15, 0.2) is 66.2 Å². The number of carbonyl (C=O) groups is 1. The van der Waals surface area contributed by atoms with Crippen LogP contribution in [0.2, 0.25) is 0 Å². The molecule has 0 spiro atoms. The number of halogens is 2. The summed E-state index contributed by atoms with van der Waals surface area (Å²) in [5, 5.41) is 22.7. The maximum atomic E-state index is 13.6. The number of anilines is 1. The van der Waals surface area contributed by atoms with Crippen LogP contribution < -0.4 is 16.0 Å². The lowest BCUT2D eigenvalue weighted by atomic mass is 10.2. The lowest BCUT2D eigenvalue weighted by Gasteiger charge is -2.10. The first-order valence-electron chi connectivity index (χ1n) is 15.5. The van der Waals surface area contributed by atoms with Crippen molar-refractivity contribution in [2.45, 2.75) is 37.8 Å². The molecule has 2 fully saturated rings. The molecule has 0 unspecified atom stereocenters. The molecule has 0 radical (unpaired) electrons. The molecular formula is C33H25F2N11O2S2. The van der Waals surface area contributed by atoms with E-state index in [9.17, 15) is 18.7 Å². The van der Waals surface area contributed by atoms with Gasteiger partial charge in [-0.15, -0.1) is 11.3 Å². The van der Waals surface area contributed by atoms with E-state index in [0.29, 0.717) is 71.2 Å². The molecule has 0 saturated heterocycles. The van der Waals surface area contributed by atoms with Crippen LogP contribution in [0, 0.1) is 15.8 Å². The highest BCUT2D eigenvalue weighted by Crippen LogP contribution is 2.29. The molecule has 0 amide bonds. The van der Waals surface area contributed by atoms with Crippen LogP contribution in [0.4, 0.5) is 14.6 Å². The molecule has 2 aliphatic rings. The fourth-order valence-corrected chi connectivity index (χ4v) is 6.19. The molecule has 2 saturated carbocycles. The lowest BCUT2D eigenvalue weighted by molar-refractivity contribution is 0.112. The van der Waals surface area contributed by atoms with Gasteiger partial charge in [-0.3, -0.25) is 9.79 Å². The highest BCUT2D eigenvalue weighted by atomic mass is 32.1. The Labute approximate surface area is 289 Å². The lowest BCUT2D eigenvalue weighted by Crippen LogP contribution is -2.19. The molecule has 0 atom stereocenters. The van der Waals surface area contributed by atoms with Gasteiger partial charge in [-0.2, -0.15) is 28.0 Å². The van der Waals surface area contributed by atoms with Crippen molar-refractivity contribution in [3.8, 4) is 28.4 Å². The van der Waals surface area contributed by atoms with E-state index in [1.165, 1.54) is 42.1 Å². The molecule has 250 valence electrons. The van der Waals surface area contributed by atoms with E-state index >= 15 is 0 Å². The molecule has 7 heterocycles. The molecule has 0 aromatic carbocycles. The van der Waals surface area contributed by atoms with Crippen LogP contribution in [-0.2, 0) is 0 Å². The van der Waals surface area contributed by atoms with Gasteiger partial charge in [-0.25, -0.2) is 19.9 Å². The number of nitrogens with one attached hydrogen (secondary N) is 2. The van der Waals surface area contributed by atoms with Gasteiger partial charge in [0.05, 0.1) is 40.3 Å². The number of aromatic nitrogens is 9. The number of pyridine rings is 2. The second kappa shape index (κ2) is 12.9. The summed E-state index contributed by atoms with van der Waals surface area (Å²) in [5.41, 5.74) is 4.43. The maximum absolute atomic E-state index is 13.6. The van der Waals surface area contributed by atoms with Crippen molar-refractivity contribution in [2.24, 2.45) is 4.99 Å². The second-order valence-corrected chi connectivity index (χ2v) is 13.4. The third-order valence-electron chi connectivity index (χ3n) is 7.89. The van der Waals surface area contributed by atoms with Crippen LogP contribution in [-0.4, -0.2) is 67.6 Å². The van der Waals surface area contributed by atoms with Gasteiger partial charge in [-0.05, 0) is 56.1 Å². The second-order valence-electron chi connectivity index (χ2n) is 11.7. The van der Waals surface area contributed by atoms with Gasteiger partial charge in [0.25, 0.3) is 0 Å². The highest BCUT2D eigenvalue weighted by molar-refractivity contribution is 7.73. The van der Waals surface area contributed by atoms with Gasteiger partial charge < -0.3 is 15.4 Å². The molecule has 17 heteroatoms. The van der Waals surface area contributed by atoms with Crippen LogP contribution in [0.1, 0.15) is 40.9 Å². The Balaban J connectivity index is 0.000000149. The Morgan fingerprint density at radius 1 is 0.940 bits per heavy atom. The zero-order valence-electron chi connectivity index (χ0n) is 25.9. The molecule has 7 aromatic rings. The molecular weight excluding hydrogens is 685 g/mol. The number of thiazole rings is 1. The Bertz CT molecular complexity index is 2610. The minimum absolute atomic E-state index is 0.00426.